The van der Waals surface area contributed by atoms with Gasteiger partial charge in [-0.15, -0.1) is 0 Å². The highest BCUT2D eigenvalue weighted by Crippen LogP contribution is 2.37. The molecule has 1 fully saturated rings. The third-order valence-corrected chi connectivity index (χ3v) is 4.05. The summed E-state index contributed by atoms with van der Waals surface area (Å²) in [5.74, 6) is 0. The third-order valence-electron chi connectivity index (χ3n) is 4.05. The average molecular weight is 229 g/mol. The third kappa shape index (κ3) is 1.75. The molecule has 5 N–H and O–H groups in total. The van der Waals surface area contributed by atoms with Gasteiger partial charge >= 0.3 is 0 Å². The van der Waals surface area contributed by atoms with Crippen molar-refractivity contribution < 1.29 is 0 Å². The van der Waals surface area contributed by atoms with Gasteiger partial charge in [0.05, 0.1) is 0 Å². The molecular formula is C14H19N3. The van der Waals surface area contributed by atoms with E-state index in [0.29, 0.717) is 6.04 Å². The molecule has 17 heavy (non-hydrogen) atoms. The Labute approximate surface area is 101 Å². The fraction of sp³-hybridized carbons (Fsp3) is 0.429. The monoisotopic (exact) mass is 229 g/mol. The molecule has 1 aromatic heterocycles. The van der Waals surface area contributed by atoms with E-state index in [4.69, 9.17) is 11.5 Å². The van der Waals surface area contributed by atoms with Crippen LogP contribution < -0.4 is 11.5 Å². The van der Waals surface area contributed by atoms with Crippen LogP contribution >= 0.6 is 0 Å². The van der Waals surface area contributed by atoms with Crippen LogP contribution in [0.5, 0.6) is 0 Å². The second kappa shape index (κ2) is 3.86. The largest absolute Gasteiger partial charge is 0.361 e. The van der Waals surface area contributed by atoms with Gasteiger partial charge in [-0.05, 0) is 37.3 Å². The van der Waals surface area contributed by atoms with Gasteiger partial charge in [0.2, 0.25) is 0 Å². The van der Waals surface area contributed by atoms with Crippen molar-refractivity contribution in [3.63, 3.8) is 0 Å². The molecule has 0 aliphatic heterocycles. The van der Waals surface area contributed by atoms with Crippen LogP contribution in [0.15, 0.2) is 30.5 Å². The number of para-hydroxylation sites is 1. The van der Waals surface area contributed by atoms with Gasteiger partial charge in [-0.25, -0.2) is 0 Å². The summed E-state index contributed by atoms with van der Waals surface area (Å²) in [5, 5.41) is 1.26. The Balaban J connectivity index is 2.03. The van der Waals surface area contributed by atoms with E-state index in [9.17, 15) is 0 Å². The first kappa shape index (κ1) is 10.8. The summed E-state index contributed by atoms with van der Waals surface area (Å²) in [4.78, 5) is 3.31. The summed E-state index contributed by atoms with van der Waals surface area (Å²) in [6.07, 6.45) is 6.08. The molecule has 1 aromatic carbocycles. The van der Waals surface area contributed by atoms with Crippen LogP contribution in [0.4, 0.5) is 0 Å². The van der Waals surface area contributed by atoms with E-state index in [1.807, 2.05) is 6.07 Å². The van der Waals surface area contributed by atoms with E-state index in [0.717, 1.165) is 25.7 Å². The Morgan fingerprint density at radius 3 is 2.65 bits per heavy atom. The van der Waals surface area contributed by atoms with Crippen molar-refractivity contribution in [2.24, 2.45) is 11.5 Å². The quantitative estimate of drug-likeness (QED) is 0.702. The number of fused-ring (bicyclic) bond motifs is 1. The summed E-state index contributed by atoms with van der Waals surface area (Å²) in [5.41, 5.74) is 14.8. The first-order valence-corrected chi connectivity index (χ1v) is 6.30. The maximum atomic E-state index is 6.58. The van der Waals surface area contributed by atoms with Crippen LogP contribution in [0.2, 0.25) is 0 Å². The number of aromatic amines is 1. The van der Waals surface area contributed by atoms with Gasteiger partial charge in [0, 0.05) is 28.7 Å². The Kier molecular flexibility index (Phi) is 2.45. The summed E-state index contributed by atoms with van der Waals surface area (Å²) >= 11 is 0. The number of rotatable bonds is 1. The lowest BCUT2D eigenvalue weighted by atomic mass is 9.76. The van der Waals surface area contributed by atoms with Crippen molar-refractivity contribution in [2.45, 2.75) is 37.3 Å². The SMILES string of the molecule is NC1CCC(N)(c2c[nH]c3ccccc23)CC1. The molecule has 3 heteroatoms. The van der Waals surface area contributed by atoms with E-state index in [1.165, 1.54) is 16.5 Å². The van der Waals surface area contributed by atoms with Crippen molar-refractivity contribution in [2.75, 3.05) is 0 Å². The molecule has 0 saturated heterocycles. The molecular weight excluding hydrogens is 210 g/mol. The van der Waals surface area contributed by atoms with Crippen molar-refractivity contribution in [3.8, 4) is 0 Å². The zero-order valence-electron chi connectivity index (χ0n) is 9.95. The Bertz CT molecular complexity index is 521. The Morgan fingerprint density at radius 1 is 1.18 bits per heavy atom. The van der Waals surface area contributed by atoms with Crippen LogP contribution in [0.25, 0.3) is 10.9 Å². The Hall–Kier alpha value is -1.32. The number of benzene rings is 1. The number of hydrogen-bond donors (Lipinski definition) is 3. The lowest BCUT2D eigenvalue weighted by molar-refractivity contribution is 0.279. The molecule has 3 nitrogen and oxygen atoms in total. The minimum absolute atomic E-state index is 0.199. The molecule has 2 aromatic rings. The maximum Gasteiger partial charge on any atom is 0.0457 e. The van der Waals surface area contributed by atoms with Gasteiger partial charge in [0.25, 0.3) is 0 Å². The molecule has 0 unspecified atom stereocenters. The fourth-order valence-electron chi connectivity index (χ4n) is 2.91. The molecule has 0 bridgehead atoms. The number of nitrogens with one attached hydrogen (secondary N) is 1. The van der Waals surface area contributed by atoms with Gasteiger partial charge in [0.15, 0.2) is 0 Å². The highest BCUT2D eigenvalue weighted by molar-refractivity contribution is 5.84. The highest BCUT2D eigenvalue weighted by Gasteiger charge is 2.33. The predicted molar refractivity (Wildman–Crippen MR) is 70.6 cm³/mol. The lowest BCUT2D eigenvalue weighted by Crippen LogP contribution is -2.43. The molecule has 0 amide bonds. The van der Waals surface area contributed by atoms with Crippen molar-refractivity contribution in [3.05, 3.63) is 36.0 Å². The smallest absolute Gasteiger partial charge is 0.0457 e. The van der Waals surface area contributed by atoms with Crippen LogP contribution in [0.3, 0.4) is 0 Å². The molecule has 0 spiro atoms. The summed E-state index contributed by atoms with van der Waals surface area (Å²) in [6, 6.07) is 8.68. The van der Waals surface area contributed by atoms with Crippen molar-refractivity contribution >= 4 is 10.9 Å². The molecule has 1 aliphatic rings. The van der Waals surface area contributed by atoms with Gasteiger partial charge in [-0.1, -0.05) is 18.2 Å². The minimum atomic E-state index is -0.199. The molecule has 1 saturated carbocycles. The van der Waals surface area contributed by atoms with E-state index in [2.05, 4.69) is 29.4 Å². The second-order valence-corrected chi connectivity index (χ2v) is 5.24. The summed E-state index contributed by atoms with van der Waals surface area (Å²) < 4.78 is 0. The zero-order chi connectivity index (χ0) is 11.9. The number of nitrogens with two attached hydrogens (primary N) is 2. The Morgan fingerprint density at radius 2 is 1.88 bits per heavy atom. The lowest BCUT2D eigenvalue weighted by Gasteiger charge is -2.36. The number of aromatic nitrogens is 1. The molecule has 90 valence electrons. The molecule has 0 radical (unpaired) electrons. The normalized spacial score (nSPS) is 29.6. The van der Waals surface area contributed by atoms with Crippen LogP contribution in [-0.4, -0.2) is 11.0 Å². The van der Waals surface area contributed by atoms with Crippen LogP contribution in [0.1, 0.15) is 31.2 Å². The zero-order valence-corrected chi connectivity index (χ0v) is 9.95. The molecule has 0 atom stereocenters. The van der Waals surface area contributed by atoms with E-state index >= 15 is 0 Å². The standard InChI is InChI=1S/C14H19N3/c15-10-5-7-14(16,8-6-10)12-9-17-13-4-2-1-3-11(12)13/h1-4,9-10,17H,5-8,15-16H2. The number of hydrogen-bond acceptors (Lipinski definition) is 2. The second-order valence-electron chi connectivity index (χ2n) is 5.24. The predicted octanol–water partition coefficient (Wildman–Crippen LogP) is 2.22. The minimum Gasteiger partial charge on any atom is -0.361 e. The summed E-state index contributed by atoms with van der Waals surface area (Å²) in [6.45, 7) is 0. The average Bonchev–Trinajstić information content (AvgIpc) is 2.78. The first-order valence-electron chi connectivity index (χ1n) is 6.30. The van der Waals surface area contributed by atoms with E-state index < -0.39 is 0 Å². The van der Waals surface area contributed by atoms with E-state index in [1.54, 1.807) is 0 Å². The van der Waals surface area contributed by atoms with Crippen molar-refractivity contribution in [1.29, 1.82) is 0 Å². The van der Waals surface area contributed by atoms with Gasteiger partial charge in [-0.2, -0.15) is 0 Å². The van der Waals surface area contributed by atoms with Crippen LogP contribution in [0, 0.1) is 0 Å². The highest BCUT2D eigenvalue weighted by atomic mass is 14.8. The molecule has 1 aliphatic carbocycles. The van der Waals surface area contributed by atoms with Gasteiger partial charge < -0.3 is 16.5 Å². The van der Waals surface area contributed by atoms with Gasteiger partial charge in [-0.3, -0.25) is 0 Å². The maximum absolute atomic E-state index is 6.58. The van der Waals surface area contributed by atoms with E-state index in [-0.39, 0.29) is 5.54 Å². The van der Waals surface area contributed by atoms with Gasteiger partial charge in [0.1, 0.15) is 0 Å². The fourth-order valence-corrected chi connectivity index (χ4v) is 2.91. The summed E-state index contributed by atoms with van der Waals surface area (Å²) in [7, 11) is 0. The van der Waals surface area contributed by atoms with Crippen LogP contribution in [-0.2, 0) is 5.54 Å². The first-order chi connectivity index (χ1) is 8.19. The van der Waals surface area contributed by atoms with Crippen molar-refractivity contribution in [1.82, 2.24) is 4.98 Å². The molecule has 3 rings (SSSR count). The molecule has 1 heterocycles. The number of H-pyrrole nitrogens is 1. The topological polar surface area (TPSA) is 67.8 Å².